The first-order valence-electron chi connectivity index (χ1n) is 4.93. The first kappa shape index (κ1) is 11.0. The van der Waals surface area contributed by atoms with Gasteiger partial charge < -0.3 is 0 Å². The van der Waals surface area contributed by atoms with Gasteiger partial charge in [-0.25, -0.2) is 0 Å². The summed E-state index contributed by atoms with van der Waals surface area (Å²) in [5.41, 5.74) is 0.484. The van der Waals surface area contributed by atoms with Crippen molar-refractivity contribution in [1.82, 2.24) is 0 Å². The molecule has 0 aromatic carbocycles. The summed E-state index contributed by atoms with van der Waals surface area (Å²) in [6.45, 7) is 11.6. The van der Waals surface area contributed by atoms with Crippen LogP contribution in [0.3, 0.4) is 0 Å². The molecular formula is C11H23. The third-order valence-corrected chi connectivity index (χ3v) is 2.69. The zero-order valence-electron chi connectivity index (χ0n) is 8.83. The smallest absolute Gasteiger partial charge is 0.0190 e. The van der Waals surface area contributed by atoms with Gasteiger partial charge in [-0.1, -0.05) is 41.0 Å². The van der Waals surface area contributed by atoms with Crippen molar-refractivity contribution in [3.8, 4) is 0 Å². The van der Waals surface area contributed by atoms with Crippen molar-refractivity contribution in [2.24, 2.45) is 5.41 Å². The molecule has 0 aromatic heterocycles. The summed E-state index contributed by atoms with van der Waals surface area (Å²) < 4.78 is 0. The Balaban J connectivity index is 4.00. The maximum Gasteiger partial charge on any atom is -0.0190 e. The molecule has 0 rings (SSSR count). The van der Waals surface area contributed by atoms with E-state index >= 15 is 0 Å². The van der Waals surface area contributed by atoms with Gasteiger partial charge in [0.1, 0.15) is 0 Å². The van der Waals surface area contributed by atoms with E-state index in [1.807, 2.05) is 0 Å². The molecule has 0 bridgehead atoms. The van der Waals surface area contributed by atoms with Crippen LogP contribution >= 0.6 is 0 Å². The van der Waals surface area contributed by atoms with Crippen LogP contribution in [-0.4, -0.2) is 0 Å². The van der Waals surface area contributed by atoms with Gasteiger partial charge in [-0.3, -0.25) is 0 Å². The van der Waals surface area contributed by atoms with E-state index < -0.39 is 0 Å². The van der Waals surface area contributed by atoms with Crippen molar-refractivity contribution in [2.75, 3.05) is 0 Å². The summed E-state index contributed by atoms with van der Waals surface area (Å²) in [6.07, 6.45) is 5.15. The van der Waals surface area contributed by atoms with Gasteiger partial charge in [0.2, 0.25) is 0 Å². The molecule has 0 saturated carbocycles. The van der Waals surface area contributed by atoms with Gasteiger partial charge in [-0.05, 0) is 30.6 Å². The highest BCUT2D eigenvalue weighted by molar-refractivity contribution is 5.00. The number of hydrogen-bond acceptors (Lipinski definition) is 0. The fourth-order valence-electron chi connectivity index (χ4n) is 2.01. The Hall–Kier alpha value is 0. The molecule has 0 aliphatic carbocycles. The van der Waals surface area contributed by atoms with Crippen molar-refractivity contribution in [3.05, 3.63) is 5.92 Å². The van der Waals surface area contributed by atoms with Gasteiger partial charge >= 0.3 is 0 Å². The molecule has 0 saturated heterocycles. The lowest BCUT2D eigenvalue weighted by Gasteiger charge is -2.32. The Bertz CT molecular complexity index is 88.2. The van der Waals surface area contributed by atoms with E-state index in [0.29, 0.717) is 5.41 Å². The molecule has 0 amide bonds. The lowest BCUT2D eigenvalue weighted by molar-refractivity contribution is 0.324. The average molecular weight is 155 g/mol. The molecule has 0 fully saturated rings. The Morgan fingerprint density at radius 1 is 1.00 bits per heavy atom. The Labute approximate surface area is 72.4 Å². The summed E-state index contributed by atoms with van der Waals surface area (Å²) in [6, 6.07) is 0. The first-order chi connectivity index (χ1) is 5.08. The molecular weight excluding hydrogens is 132 g/mol. The normalized spacial score (nSPS) is 12.5. The lowest BCUT2D eigenvalue weighted by atomic mass is 9.73. The van der Waals surface area contributed by atoms with Crippen LogP contribution in [0.4, 0.5) is 0 Å². The number of hydrogen-bond donors (Lipinski definition) is 0. The van der Waals surface area contributed by atoms with Crippen molar-refractivity contribution >= 4 is 0 Å². The van der Waals surface area contributed by atoms with E-state index in [1.54, 1.807) is 5.92 Å². The Kier molecular flexibility index (Phi) is 4.79. The molecule has 0 heteroatoms. The molecule has 0 aromatic rings. The Morgan fingerprint density at radius 3 is 1.73 bits per heavy atom. The quantitative estimate of drug-likeness (QED) is 0.558. The fourth-order valence-corrected chi connectivity index (χ4v) is 2.01. The minimum atomic E-state index is 0.484. The van der Waals surface area contributed by atoms with Gasteiger partial charge in [-0.15, -0.1) is 0 Å². The molecule has 0 atom stereocenters. The standard InChI is InChI=1S/C11H23/c1-6-9-11(4,5)10(7-2)8-3/h6-9H2,1-5H3. The monoisotopic (exact) mass is 155 g/mol. The second kappa shape index (κ2) is 4.79. The zero-order valence-corrected chi connectivity index (χ0v) is 8.83. The van der Waals surface area contributed by atoms with Crippen molar-refractivity contribution in [1.29, 1.82) is 0 Å². The summed E-state index contributed by atoms with van der Waals surface area (Å²) >= 11 is 0. The topological polar surface area (TPSA) is 0 Å². The van der Waals surface area contributed by atoms with Gasteiger partial charge in [-0.2, -0.15) is 0 Å². The van der Waals surface area contributed by atoms with Crippen LogP contribution in [0.15, 0.2) is 0 Å². The highest BCUT2D eigenvalue weighted by atomic mass is 14.3. The Morgan fingerprint density at radius 2 is 1.45 bits per heavy atom. The summed E-state index contributed by atoms with van der Waals surface area (Å²) in [7, 11) is 0. The van der Waals surface area contributed by atoms with Crippen molar-refractivity contribution in [2.45, 2.75) is 60.3 Å². The SMILES string of the molecule is CCCC(C)(C)[C](CC)CC. The highest BCUT2D eigenvalue weighted by Gasteiger charge is 2.25. The van der Waals surface area contributed by atoms with E-state index in [0.717, 1.165) is 0 Å². The van der Waals surface area contributed by atoms with E-state index in [9.17, 15) is 0 Å². The molecule has 0 nitrogen and oxygen atoms in total. The van der Waals surface area contributed by atoms with Crippen LogP contribution in [-0.2, 0) is 0 Å². The predicted octanol–water partition coefficient (Wildman–Crippen LogP) is 4.21. The minimum absolute atomic E-state index is 0.484. The predicted molar refractivity (Wildman–Crippen MR) is 52.5 cm³/mol. The minimum Gasteiger partial charge on any atom is -0.0654 e. The molecule has 0 unspecified atom stereocenters. The lowest BCUT2D eigenvalue weighted by Crippen LogP contribution is -2.20. The molecule has 67 valence electrons. The molecule has 0 spiro atoms. The van der Waals surface area contributed by atoms with Gasteiger partial charge in [0.15, 0.2) is 0 Å². The molecule has 0 aliphatic heterocycles. The maximum absolute atomic E-state index is 2.37. The largest absolute Gasteiger partial charge is 0.0654 e. The summed E-state index contributed by atoms with van der Waals surface area (Å²) in [5.74, 6) is 1.72. The van der Waals surface area contributed by atoms with E-state index in [2.05, 4.69) is 34.6 Å². The van der Waals surface area contributed by atoms with Crippen LogP contribution in [0, 0.1) is 11.3 Å². The van der Waals surface area contributed by atoms with Crippen molar-refractivity contribution in [3.63, 3.8) is 0 Å². The summed E-state index contributed by atoms with van der Waals surface area (Å²) in [4.78, 5) is 0. The van der Waals surface area contributed by atoms with Crippen LogP contribution < -0.4 is 0 Å². The van der Waals surface area contributed by atoms with E-state index in [1.165, 1.54) is 25.7 Å². The van der Waals surface area contributed by atoms with Crippen molar-refractivity contribution < 1.29 is 0 Å². The molecule has 0 aliphatic rings. The van der Waals surface area contributed by atoms with E-state index in [-0.39, 0.29) is 0 Å². The van der Waals surface area contributed by atoms with Gasteiger partial charge in [0.25, 0.3) is 0 Å². The summed E-state index contributed by atoms with van der Waals surface area (Å²) in [5, 5.41) is 0. The molecule has 11 heavy (non-hydrogen) atoms. The second-order valence-corrected chi connectivity index (χ2v) is 3.94. The highest BCUT2D eigenvalue weighted by Crippen LogP contribution is 2.37. The van der Waals surface area contributed by atoms with Crippen LogP contribution in [0.2, 0.25) is 0 Å². The van der Waals surface area contributed by atoms with Crippen LogP contribution in [0.25, 0.3) is 0 Å². The number of rotatable bonds is 5. The zero-order chi connectivity index (χ0) is 8.91. The molecule has 0 heterocycles. The average Bonchev–Trinajstić information content (AvgIpc) is 1.89. The van der Waals surface area contributed by atoms with Crippen LogP contribution in [0.1, 0.15) is 60.3 Å². The van der Waals surface area contributed by atoms with Gasteiger partial charge in [0, 0.05) is 0 Å². The van der Waals surface area contributed by atoms with Gasteiger partial charge in [0.05, 0.1) is 0 Å². The molecule has 1 radical (unpaired) electrons. The van der Waals surface area contributed by atoms with Crippen LogP contribution in [0.5, 0.6) is 0 Å². The first-order valence-corrected chi connectivity index (χ1v) is 4.93. The second-order valence-electron chi connectivity index (χ2n) is 3.94. The maximum atomic E-state index is 2.37. The fraction of sp³-hybridized carbons (Fsp3) is 0.909. The molecule has 0 N–H and O–H groups in total. The third kappa shape index (κ3) is 3.27. The van der Waals surface area contributed by atoms with E-state index in [4.69, 9.17) is 0 Å². The third-order valence-electron chi connectivity index (χ3n) is 2.69.